The van der Waals surface area contributed by atoms with Gasteiger partial charge in [0.05, 0.1) is 0 Å². The zero-order chi connectivity index (χ0) is 14.0. The molecule has 0 saturated carbocycles. The number of nitrogens with zero attached hydrogens (tertiary/aromatic N) is 2. The summed E-state index contributed by atoms with van der Waals surface area (Å²) in [5.41, 5.74) is -0.0321. The van der Waals surface area contributed by atoms with Gasteiger partial charge in [-0.15, -0.1) is 0 Å². The van der Waals surface area contributed by atoms with E-state index in [9.17, 15) is 19.5 Å². The predicted octanol–water partition coefficient (Wildman–Crippen LogP) is -0.0839. The summed E-state index contributed by atoms with van der Waals surface area (Å²) in [6, 6.07) is 1.09. The van der Waals surface area contributed by atoms with Crippen molar-refractivity contribution < 1.29 is 24.6 Å². The van der Waals surface area contributed by atoms with Gasteiger partial charge in [-0.2, -0.15) is 10.2 Å². The fourth-order valence-corrected chi connectivity index (χ4v) is 1.33. The number of carbonyl (C=O) groups is 3. The smallest absolute Gasteiger partial charge is 0.328 e. The van der Waals surface area contributed by atoms with Gasteiger partial charge in [-0.05, 0) is 12.1 Å². The number of rotatable bonds is 2. The van der Waals surface area contributed by atoms with Crippen LogP contribution in [0.4, 0.5) is 10.5 Å². The van der Waals surface area contributed by atoms with Crippen LogP contribution in [0.3, 0.4) is 0 Å². The summed E-state index contributed by atoms with van der Waals surface area (Å²) in [7, 11) is 0. The van der Waals surface area contributed by atoms with Crippen LogP contribution < -0.4 is 10.6 Å². The fraction of sp³-hybridized carbons (Fsp3) is 0.100. The summed E-state index contributed by atoms with van der Waals surface area (Å²) in [5.74, 6) is -2.35. The highest BCUT2D eigenvalue weighted by Gasteiger charge is 2.34. The Labute approximate surface area is 106 Å². The number of urea groups is 1. The van der Waals surface area contributed by atoms with Crippen molar-refractivity contribution >= 4 is 23.5 Å². The van der Waals surface area contributed by atoms with Gasteiger partial charge in [-0.3, -0.25) is 20.2 Å². The van der Waals surface area contributed by atoms with Crippen molar-refractivity contribution in [3.63, 3.8) is 0 Å². The Morgan fingerprint density at radius 2 is 1.68 bits per heavy atom. The molecule has 98 valence electrons. The first kappa shape index (κ1) is 12.5. The van der Waals surface area contributed by atoms with Crippen molar-refractivity contribution in [2.45, 2.75) is 6.04 Å². The number of nitrogens with one attached hydrogen (secondary N) is 2. The lowest BCUT2D eigenvalue weighted by Crippen LogP contribution is -2.57. The predicted molar refractivity (Wildman–Crippen MR) is 59.8 cm³/mol. The number of amides is 4. The molecule has 1 saturated heterocycles. The fourth-order valence-electron chi connectivity index (χ4n) is 1.33. The van der Waals surface area contributed by atoms with Gasteiger partial charge in [0.25, 0.3) is 11.8 Å². The molecular formula is C10H8N4O5. The van der Waals surface area contributed by atoms with E-state index in [-0.39, 0.29) is 17.2 Å². The average Bonchev–Trinajstić information content (AvgIpc) is 2.30. The Hall–Kier alpha value is -2.97. The Morgan fingerprint density at radius 1 is 1.05 bits per heavy atom. The summed E-state index contributed by atoms with van der Waals surface area (Å²) in [5, 5.41) is 29.2. The second-order valence-electron chi connectivity index (χ2n) is 3.60. The van der Waals surface area contributed by atoms with Crippen molar-refractivity contribution in [3.8, 4) is 11.5 Å². The molecule has 9 nitrogen and oxygen atoms in total. The molecule has 1 fully saturated rings. The maximum atomic E-state index is 11.3. The van der Waals surface area contributed by atoms with Crippen molar-refractivity contribution in [2.75, 3.05) is 0 Å². The first-order valence-electron chi connectivity index (χ1n) is 5.06. The van der Waals surface area contributed by atoms with E-state index in [4.69, 9.17) is 5.11 Å². The minimum atomic E-state index is -1.51. The minimum Gasteiger partial charge on any atom is -0.508 e. The highest BCUT2D eigenvalue weighted by atomic mass is 16.3. The molecule has 1 aromatic carbocycles. The topological polar surface area (TPSA) is 140 Å². The molecule has 4 N–H and O–H groups in total. The van der Waals surface area contributed by atoms with Crippen LogP contribution in [0.25, 0.3) is 0 Å². The van der Waals surface area contributed by atoms with Gasteiger partial charge in [-0.1, -0.05) is 0 Å². The van der Waals surface area contributed by atoms with Crippen LogP contribution in [-0.4, -0.2) is 34.1 Å². The number of imide groups is 2. The molecule has 1 heterocycles. The number of barbiturate groups is 1. The van der Waals surface area contributed by atoms with E-state index >= 15 is 0 Å². The third-order valence-corrected chi connectivity index (χ3v) is 2.21. The molecule has 0 aliphatic carbocycles. The Morgan fingerprint density at radius 3 is 2.26 bits per heavy atom. The number of azo groups is 1. The Balaban J connectivity index is 2.20. The molecule has 9 heteroatoms. The van der Waals surface area contributed by atoms with Gasteiger partial charge in [-0.25, -0.2) is 4.79 Å². The molecule has 19 heavy (non-hydrogen) atoms. The second-order valence-corrected chi connectivity index (χ2v) is 3.60. The van der Waals surface area contributed by atoms with E-state index in [0.29, 0.717) is 0 Å². The largest absolute Gasteiger partial charge is 0.508 e. The zero-order valence-electron chi connectivity index (χ0n) is 9.32. The zero-order valence-corrected chi connectivity index (χ0v) is 9.32. The maximum Gasteiger partial charge on any atom is 0.328 e. The number of carbonyl (C=O) groups excluding carboxylic acids is 3. The van der Waals surface area contributed by atoms with Crippen LogP contribution >= 0.6 is 0 Å². The van der Waals surface area contributed by atoms with Gasteiger partial charge in [0.1, 0.15) is 17.2 Å². The monoisotopic (exact) mass is 264 g/mol. The van der Waals surface area contributed by atoms with Crippen molar-refractivity contribution in [1.82, 2.24) is 10.6 Å². The molecule has 2 rings (SSSR count). The number of benzene rings is 1. The standard InChI is InChI=1S/C10H8N4O5/c15-4-1-2-5(6(16)3-4)13-14-7-8(17)11-10(19)12-9(7)18/h1-3,7,15-16H,(H2,11,12,17,18,19). The van der Waals surface area contributed by atoms with Crippen LogP contribution in [0.15, 0.2) is 28.4 Å². The van der Waals surface area contributed by atoms with Gasteiger partial charge in [0, 0.05) is 6.07 Å². The summed E-state index contributed by atoms with van der Waals surface area (Å²) in [6.07, 6.45) is 0. The van der Waals surface area contributed by atoms with Crippen molar-refractivity contribution in [3.05, 3.63) is 18.2 Å². The third kappa shape index (κ3) is 2.65. The molecule has 4 amide bonds. The number of aromatic hydroxyl groups is 2. The molecule has 1 aliphatic rings. The average molecular weight is 264 g/mol. The Bertz CT molecular complexity index is 578. The lowest BCUT2D eigenvalue weighted by molar-refractivity contribution is -0.131. The van der Waals surface area contributed by atoms with Gasteiger partial charge in [0.2, 0.25) is 6.04 Å². The maximum absolute atomic E-state index is 11.3. The normalized spacial score (nSPS) is 16.5. The molecule has 0 spiro atoms. The van der Waals surface area contributed by atoms with Gasteiger partial charge < -0.3 is 10.2 Å². The summed E-state index contributed by atoms with van der Waals surface area (Å²) in [6.45, 7) is 0. The molecule has 0 unspecified atom stereocenters. The number of hydrogen-bond donors (Lipinski definition) is 4. The van der Waals surface area contributed by atoms with E-state index in [1.54, 1.807) is 0 Å². The first-order valence-corrected chi connectivity index (χ1v) is 5.06. The highest BCUT2D eigenvalue weighted by Crippen LogP contribution is 2.30. The van der Waals surface area contributed by atoms with E-state index in [1.165, 1.54) is 12.1 Å². The van der Waals surface area contributed by atoms with E-state index < -0.39 is 23.9 Å². The summed E-state index contributed by atoms with van der Waals surface area (Å²) >= 11 is 0. The quantitative estimate of drug-likeness (QED) is 0.436. The SMILES string of the molecule is O=C1NC(=O)C(N=Nc2ccc(O)cc2O)C(=O)N1. The van der Waals surface area contributed by atoms with Crippen LogP contribution in [0.5, 0.6) is 11.5 Å². The molecule has 1 aromatic rings. The summed E-state index contributed by atoms with van der Waals surface area (Å²) < 4.78 is 0. The van der Waals surface area contributed by atoms with E-state index in [1.807, 2.05) is 10.6 Å². The second kappa shape index (κ2) is 4.72. The van der Waals surface area contributed by atoms with Crippen LogP contribution in [-0.2, 0) is 9.59 Å². The molecular weight excluding hydrogens is 256 g/mol. The van der Waals surface area contributed by atoms with E-state index in [2.05, 4.69) is 10.2 Å². The summed E-state index contributed by atoms with van der Waals surface area (Å²) in [4.78, 5) is 33.4. The number of phenols is 2. The van der Waals surface area contributed by atoms with Crippen LogP contribution in [0, 0.1) is 0 Å². The van der Waals surface area contributed by atoms with Crippen LogP contribution in [0.1, 0.15) is 0 Å². The van der Waals surface area contributed by atoms with E-state index in [0.717, 1.165) is 6.07 Å². The van der Waals surface area contributed by atoms with Crippen LogP contribution in [0.2, 0.25) is 0 Å². The molecule has 1 aliphatic heterocycles. The first-order chi connectivity index (χ1) is 8.97. The third-order valence-electron chi connectivity index (χ3n) is 2.21. The van der Waals surface area contributed by atoms with Gasteiger partial charge in [0.15, 0.2) is 0 Å². The van der Waals surface area contributed by atoms with Crippen molar-refractivity contribution in [1.29, 1.82) is 0 Å². The lowest BCUT2D eigenvalue weighted by atomic mass is 10.2. The number of phenolic OH excluding ortho intramolecular Hbond substituents is 2. The Kier molecular flexibility index (Phi) is 3.10. The lowest BCUT2D eigenvalue weighted by Gasteiger charge is -2.16. The molecule has 0 bridgehead atoms. The minimum absolute atomic E-state index is 0.0321. The van der Waals surface area contributed by atoms with Gasteiger partial charge >= 0.3 is 6.03 Å². The molecule has 0 aromatic heterocycles. The molecule has 0 atom stereocenters. The highest BCUT2D eigenvalue weighted by molar-refractivity contribution is 6.18. The van der Waals surface area contributed by atoms with Crippen molar-refractivity contribution in [2.24, 2.45) is 10.2 Å². The molecule has 0 radical (unpaired) electrons. The number of hydrogen-bond acceptors (Lipinski definition) is 7.